The summed E-state index contributed by atoms with van der Waals surface area (Å²) in [5.74, 6) is -0.835. The van der Waals surface area contributed by atoms with Crippen molar-refractivity contribution in [3.63, 3.8) is 0 Å². The average Bonchev–Trinajstić information content (AvgIpc) is 2.57. The molecule has 0 amide bonds. The fraction of sp³-hybridized carbons (Fsp3) is 0.111. The van der Waals surface area contributed by atoms with E-state index in [4.69, 9.17) is 5.11 Å². The quantitative estimate of drug-likeness (QED) is 0.831. The minimum atomic E-state index is -0.835. The lowest BCUT2D eigenvalue weighted by atomic mass is 10.1. The zero-order valence-electron chi connectivity index (χ0n) is 7.12. The summed E-state index contributed by atoms with van der Waals surface area (Å²) in [6.07, 6.45) is 1.59. The highest BCUT2D eigenvalue weighted by molar-refractivity contribution is 14.1. The van der Waals surface area contributed by atoms with Crippen molar-refractivity contribution in [2.45, 2.75) is 6.42 Å². The third kappa shape index (κ3) is 1.59. The second-order valence-corrected chi connectivity index (χ2v) is 4.06. The fourth-order valence-corrected chi connectivity index (χ4v) is 1.99. The monoisotopic (exact) mass is 302 g/mol. The lowest BCUT2D eigenvalue weighted by Gasteiger charge is -2.01. The molecule has 1 aromatic carbocycles. The number of aliphatic carboxylic acids is 1. The van der Waals surface area contributed by atoms with E-state index in [1.165, 1.54) is 0 Å². The first-order valence-electron chi connectivity index (χ1n) is 4.00. The number of aromatic amines is 1. The molecule has 72 valence electrons. The van der Waals surface area contributed by atoms with Gasteiger partial charge in [0.25, 0.3) is 0 Å². The Bertz CT molecular complexity index is 493. The Kier molecular flexibility index (Phi) is 2.40. The number of imidazole rings is 1. The zero-order valence-corrected chi connectivity index (χ0v) is 9.28. The smallest absolute Gasteiger partial charge is 0.307 e. The summed E-state index contributed by atoms with van der Waals surface area (Å²) in [5, 5.41) is 8.75. The molecular formula is C9H7IN2O2. The number of carbonyl (C=O) groups is 1. The maximum atomic E-state index is 10.6. The fourth-order valence-electron chi connectivity index (χ4n) is 1.36. The number of nitrogens with zero attached hydrogens (tertiary/aromatic N) is 1. The number of hydrogen-bond acceptors (Lipinski definition) is 2. The Morgan fingerprint density at radius 2 is 2.36 bits per heavy atom. The van der Waals surface area contributed by atoms with Gasteiger partial charge in [0.05, 0.1) is 23.8 Å². The standard InChI is InChI=1S/C9H7IN2O2/c10-6-1-2-7-9(12-4-11-7)5(6)3-8(13)14/h1-2,4H,3H2,(H,11,12)(H,13,14). The Morgan fingerprint density at radius 3 is 3.07 bits per heavy atom. The van der Waals surface area contributed by atoms with Crippen LogP contribution in [0.4, 0.5) is 0 Å². The van der Waals surface area contributed by atoms with E-state index in [2.05, 4.69) is 32.6 Å². The molecule has 5 heteroatoms. The Balaban J connectivity index is 2.64. The van der Waals surface area contributed by atoms with Crippen LogP contribution in [0.1, 0.15) is 5.56 Å². The highest BCUT2D eigenvalue weighted by atomic mass is 127. The largest absolute Gasteiger partial charge is 0.481 e. The lowest BCUT2D eigenvalue weighted by molar-refractivity contribution is -0.136. The first-order valence-corrected chi connectivity index (χ1v) is 5.08. The van der Waals surface area contributed by atoms with Crippen molar-refractivity contribution in [2.75, 3.05) is 0 Å². The number of carboxylic acids is 1. The van der Waals surface area contributed by atoms with Crippen LogP contribution < -0.4 is 0 Å². The van der Waals surface area contributed by atoms with Crippen LogP contribution in [0.5, 0.6) is 0 Å². The van der Waals surface area contributed by atoms with Gasteiger partial charge in [-0.3, -0.25) is 4.79 Å². The maximum Gasteiger partial charge on any atom is 0.307 e. The number of rotatable bonds is 2. The number of benzene rings is 1. The SMILES string of the molecule is O=C(O)Cc1c(I)ccc2[nH]cnc12. The predicted molar refractivity (Wildman–Crippen MR) is 60.2 cm³/mol. The van der Waals surface area contributed by atoms with Crippen molar-refractivity contribution in [3.05, 3.63) is 27.6 Å². The van der Waals surface area contributed by atoms with E-state index in [9.17, 15) is 4.79 Å². The summed E-state index contributed by atoms with van der Waals surface area (Å²) >= 11 is 2.12. The van der Waals surface area contributed by atoms with Crippen molar-refractivity contribution < 1.29 is 9.90 Å². The molecule has 0 bridgehead atoms. The first kappa shape index (κ1) is 9.45. The van der Waals surface area contributed by atoms with Crippen LogP contribution in [-0.4, -0.2) is 21.0 Å². The summed E-state index contributed by atoms with van der Waals surface area (Å²) in [6.45, 7) is 0. The molecule has 1 heterocycles. The van der Waals surface area contributed by atoms with Crippen molar-refractivity contribution in [1.82, 2.24) is 9.97 Å². The van der Waals surface area contributed by atoms with E-state index < -0.39 is 5.97 Å². The summed E-state index contributed by atoms with van der Waals surface area (Å²) in [7, 11) is 0. The van der Waals surface area contributed by atoms with Gasteiger partial charge in [-0.1, -0.05) is 0 Å². The molecule has 0 aliphatic rings. The number of fused-ring (bicyclic) bond motifs is 1. The predicted octanol–water partition coefficient (Wildman–Crippen LogP) is 1.79. The summed E-state index contributed by atoms with van der Waals surface area (Å²) in [6, 6.07) is 3.79. The number of H-pyrrole nitrogens is 1. The van der Waals surface area contributed by atoms with E-state index in [0.29, 0.717) is 0 Å². The Morgan fingerprint density at radius 1 is 1.57 bits per heavy atom. The van der Waals surface area contributed by atoms with E-state index >= 15 is 0 Å². The molecule has 0 atom stereocenters. The highest BCUT2D eigenvalue weighted by Gasteiger charge is 2.10. The molecule has 1 aromatic heterocycles. The van der Waals surface area contributed by atoms with Gasteiger partial charge in [-0.15, -0.1) is 0 Å². The van der Waals surface area contributed by atoms with Gasteiger partial charge in [0.1, 0.15) is 0 Å². The van der Waals surface area contributed by atoms with Crippen LogP contribution in [0.25, 0.3) is 11.0 Å². The topological polar surface area (TPSA) is 66.0 Å². The van der Waals surface area contributed by atoms with Gasteiger partial charge >= 0.3 is 5.97 Å². The minimum Gasteiger partial charge on any atom is -0.481 e. The minimum absolute atomic E-state index is 0.0144. The first-order chi connectivity index (χ1) is 6.68. The van der Waals surface area contributed by atoms with E-state index in [-0.39, 0.29) is 6.42 Å². The molecule has 0 fully saturated rings. The van der Waals surface area contributed by atoms with Crippen LogP contribution in [0.15, 0.2) is 18.5 Å². The highest BCUT2D eigenvalue weighted by Crippen LogP contribution is 2.21. The average molecular weight is 302 g/mol. The van der Waals surface area contributed by atoms with Gasteiger partial charge in [0, 0.05) is 9.13 Å². The number of carboxylic acid groups (broad SMARTS) is 1. The molecule has 2 rings (SSSR count). The maximum absolute atomic E-state index is 10.6. The molecule has 0 saturated heterocycles. The van der Waals surface area contributed by atoms with Gasteiger partial charge in [-0.2, -0.15) is 0 Å². The second kappa shape index (κ2) is 3.56. The second-order valence-electron chi connectivity index (χ2n) is 2.90. The Labute approximate surface area is 93.5 Å². The van der Waals surface area contributed by atoms with Gasteiger partial charge in [-0.25, -0.2) is 4.98 Å². The van der Waals surface area contributed by atoms with Gasteiger partial charge in [0.15, 0.2) is 0 Å². The van der Waals surface area contributed by atoms with Gasteiger partial charge in [-0.05, 0) is 34.7 Å². The molecule has 0 aliphatic carbocycles. The molecule has 0 spiro atoms. The van der Waals surface area contributed by atoms with Crippen molar-refractivity contribution >= 4 is 39.6 Å². The van der Waals surface area contributed by atoms with E-state index in [1.54, 1.807) is 6.33 Å². The van der Waals surface area contributed by atoms with Crippen LogP contribution in [0, 0.1) is 3.57 Å². The summed E-state index contributed by atoms with van der Waals surface area (Å²) < 4.78 is 0.935. The molecule has 0 unspecified atom stereocenters. The summed E-state index contributed by atoms with van der Waals surface area (Å²) in [4.78, 5) is 17.7. The van der Waals surface area contributed by atoms with Crippen molar-refractivity contribution in [2.24, 2.45) is 0 Å². The number of hydrogen-bond donors (Lipinski definition) is 2. The molecule has 0 saturated carbocycles. The van der Waals surface area contributed by atoms with Crippen LogP contribution in [0.2, 0.25) is 0 Å². The van der Waals surface area contributed by atoms with Crippen LogP contribution in [0.3, 0.4) is 0 Å². The molecule has 4 nitrogen and oxygen atoms in total. The van der Waals surface area contributed by atoms with Crippen molar-refractivity contribution in [1.29, 1.82) is 0 Å². The van der Waals surface area contributed by atoms with Gasteiger partial charge < -0.3 is 10.1 Å². The normalized spacial score (nSPS) is 10.6. The Hall–Kier alpha value is -1.11. The molecular weight excluding hydrogens is 295 g/mol. The van der Waals surface area contributed by atoms with E-state index in [1.807, 2.05) is 12.1 Å². The van der Waals surface area contributed by atoms with Gasteiger partial charge in [0.2, 0.25) is 0 Å². The zero-order chi connectivity index (χ0) is 10.1. The molecule has 2 N–H and O–H groups in total. The number of aromatic nitrogens is 2. The lowest BCUT2D eigenvalue weighted by Crippen LogP contribution is -2.02. The van der Waals surface area contributed by atoms with Crippen LogP contribution >= 0.6 is 22.6 Å². The summed E-state index contributed by atoms with van der Waals surface area (Å²) in [5.41, 5.74) is 2.40. The molecule has 0 aliphatic heterocycles. The molecule has 14 heavy (non-hydrogen) atoms. The van der Waals surface area contributed by atoms with Crippen LogP contribution in [-0.2, 0) is 11.2 Å². The van der Waals surface area contributed by atoms with E-state index in [0.717, 1.165) is 20.2 Å². The number of halogens is 1. The third-order valence-electron chi connectivity index (χ3n) is 1.97. The van der Waals surface area contributed by atoms with Crippen molar-refractivity contribution in [3.8, 4) is 0 Å². The third-order valence-corrected chi connectivity index (χ3v) is 2.98. The molecule has 2 aromatic rings. The molecule has 0 radical (unpaired) electrons. The number of nitrogens with one attached hydrogen (secondary N) is 1.